The van der Waals surface area contributed by atoms with Crippen LogP contribution in [0.4, 0.5) is 29.3 Å². The number of benzene rings is 1. The van der Waals surface area contributed by atoms with Crippen LogP contribution in [0.5, 0.6) is 0 Å². The van der Waals surface area contributed by atoms with Gasteiger partial charge in [-0.3, -0.25) is 9.89 Å². The van der Waals surface area contributed by atoms with Gasteiger partial charge in [-0.2, -0.15) is 15.3 Å². The van der Waals surface area contributed by atoms with E-state index in [1.54, 1.807) is 6.07 Å². The predicted molar refractivity (Wildman–Crippen MR) is 115 cm³/mol. The lowest BCUT2D eigenvalue weighted by molar-refractivity contribution is 0.146. The summed E-state index contributed by atoms with van der Waals surface area (Å²) in [6.45, 7) is 0. The number of aromatic nitrogens is 6. The van der Waals surface area contributed by atoms with E-state index >= 15 is 0 Å². The monoisotopic (exact) mass is 485 g/mol. The molecule has 1 aromatic carbocycles. The van der Waals surface area contributed by atoms with Gasteiger partial charge in [-0.1, -0.05) is 0 Å². The Kier molecular flexibility index (Phi) is 5.31. The van der Waals surface area contributed by atoms with Crippen molar-refractivity contribution < 1.29 is 17.6 Å². The Hall–Kier alpha value is -4.54. The van der Waals surface area contributed by atoms with Crippen molar-refractivity contribution in [1.82, 2.24) is 29.7 Å². The van der Waals surface area contributed by atoms with Crippen molar-refractivity contribution >= 4 is 22.7 Å². The summed E-state index contributed by atoms with van der Waals surface area (Å²) in [5, 5.41) is 18.7. The molecule has 1 aliphatic rings. The van der Waals surface area contributed by atoms with Crippen molar-refractivity contribution in [2.24, 2.45) is 5.92 Å². The Morgan fingerprint density at radius 1 is 1.23 bits per heavy atom. The lowest BCUT2D eigenvalue weighted by atomic mass is 10.1. The topological polar surface area (TPSA) is 151 Å². The normalized spacial score (nSPS) is 14.3. The van der Waals surface area contributed by atoms with Crippen LogP contribution in [-0.2, 0) is 0 Å². The Labute approximate surface area is 193 Å². The molecule has 1 aliphatic carbocycles. The molecule has 10 nitrogen and oxygen atoms in total. The van der Waals surface area contributed by atoms with Crippen LogP contribution in [0.15, 0.2) is 29.2 Å². The van der Waals surface area contributed by atoms with Crippen LogP contribution in [0.3, 0.4) is 0 Å². The molecule has 14 heteroatoms. The van der Waals surface area contributed by atoms with Crippen LogP contribution < -0.4 is 16.6 Å². The number of fused-ring (bicyclic) bond motifs is 1. The highest BCUT2D eigenvalue weighted by Gasteiger charge is 2.38. The van der Waals surface area contributed by atoms with E-state index in [-0.39, 0.29) is 34.3 Å². The highest BCUT2D eigenvalue weighted by Crippen LogP contribution is 2.43. The SMILES string of the molecule is N#Cc1c(N[C@H](c2nc3c(F)cc(F)cc3c(=O)n2-c2cc[nH]n2)C2CC2)nc(N)nc1C(F)F. The van der Waals surface area contributed by atoms with E-state index in [9.17, 15) is 27.6 Å². The van der Waals surface area contributed by atoms with Crippen LogP contribution in [0.1, 0.15) is 42.4 Å². The van der Waals surface area contributed by atoms with E-state index in [4.69, 9.17) is 5.73 Å². The largest absolute Gasteiger partial charge is 0.368 e. The number of rotatable bonds is 6. The minimum atomic E-state index is -3.10. The molecule has 0 amide bonds. The second-order valence-corrected chi connectivity index (χ2v) is 7.89. The van der Waals surface area contributed by atoms with Gasteiger partial charge in [-0.15, -0.1) is 0 Å². The van der Waals surface area contributed by atoms with E-state index in [1.165, 1.54) is 12.3 Å². The molecule has 3 aromatic heterocycles. The highest BCUT2D eigenvalue weighted by atomic mass is 19.3. The summed E-state index contributed by atoms with van der Waals surface area (Å²) < 4.78 is 56.6. The van der Waals surface area contributed by atoms with Crippen LogP contribution in [-0.4, -0.2) is 29.7 Å². The summed E-state index contributed by atoms with van der Waals surface area (Å²) >= 11 is 0. The molecule has 1 atom stereocenters. The minimum Gasteiger partial charge on any atom is -0.368 e. The molecule has 3 heterocycles. The number of nitrogen functional groups attached to an aromatic ring is 1. The van der Waals surface area contributed by atoms with Gasteiger partial charge in [-0.25, -0.2) is 32.1 Å². The van der Waals surface area contributed by atoms with Gasteiger partial charge < -0.3 is 11.1 Å². The molecule has 0 spiro atoms. The van der Waals surface area contributed by atoms with Crippen LogP contribution in [0.2, 0.25) is 0 Å². The standard InChI is InChI=1S/C21H15F4N9O/c22-9-5-10-15(12(23)6-9)30-19(34(20(10)35)13-3-4-28-33-13)14(8-1-2-8)29-18-11(7-26)16(17(24)25)31-21(27)32-18/h3-6,8,14,17H,1-2H2,(H,28,33)(H3,27,29,31,32)/t14-/m0/s1. The number of aromatic amines is 1. The lowest BCUT2D eigenvalue weighted by Crippen LogP contribution is -2.30. The minimum absolute atomic E-state index is 0.0257. The lowest BCUT2D eigenvalue weighted by Gasteiger charge is -2.23. The van der Waals surface area contributed by atoms with Gasteiger partial charge in [-0.05, 0) is 24.8 Å². The maximum absolute atomic E-state index is 14.6. The van der Waals surface area contributed by atoms with Crippen molar-refractivity contribution in [3.05, 3.63) is 63.5 Å². The molecular weight excluding hydrogens is 470 g/mol. The van der Waals surface area contributed by atoms with Crippen molar-refractivity contribution in [2.45, 2.75) is 25.3 Å². The molecule has 0 radical (unpaired) electrons. The molecule has 0 unspecified atom stereocenters. The molecule has 1 fully saturated rings. The van der Waals surface area contributed by atoms with Crippen molar-refractivity contribution in [3.8, 4) is 11.9 Å². The van der Waals surface area contributed by atoms with Gasteiger partial charge in [0.15, 0.2) is 17.5 Å². The number of hydrogen-bond acceptors (Lipinski definition) is 8. The van der Waals surface area contributed by atoms with Gasteiger partial charge in [0.2, 0.25) is 5.95 Å². The van der Waals surface area contributed by atoms with Gasteiger partial charge in [0.1, 0.15) is 34.5 Å². The molecule has 1 saturated carbocycles. The number of nitrogens with one attached hydrogen (secondary N) is 2. The number of nitriles is 1. The number of alkyl halides is 2. The van der Waals surface area contributed by atoms with Gasteiger partial charge >= 0.3 is 0 Å². The van der Waals surface area contributed by atoms with Crippen LogP contribution >= 0.6 is 0 Å². The number of nitrogens with zero attached hydrogens (tertiary/aromatic N) is 6. The van der Waals surface area contributed by atoms with E-state index in [2.05, 4.69) is 30.5 Å². The fourth-order valence-electron chi connectivity index (χ4n) is 3.88. The summed E-state index contributed by atoms with van der Waals surface area (Å²) in [5.74, 6) is -2.89. The van der Waals surface area contributed by atoms with E-state index < -0.39 is 46.9 Å². The molecule has 0 bridgehead atoms. The van der Waals surface area contributed by atoms with Crippen molar-refractivity contribution in [1.29, 1.82) is 5.26 Å². The third-order valence-electron chi connectivity index (χ3n) is 5.57. The summed E-state index contributed by atoms with van der Waals surface area (Å²) in [5.41, 5.74) is 3.05. The zero-order chi connectivity index (χ0) is 24.9. The molecule has 35 heavy (non-hydrogen) atoms. The fraction of sp³-hybridized carbons (Fsp3) is 0.238. The average molecular weight is 485 g/mol. The third kappa shape index (κ3) is 3.90. The van der Waals surface area contributed by atoms with Gasteiger partial charge in [0.05, 0.1) is 11.4 Å². The summed E-state index contributed by atoms with van der Waals surface area (Å²) in [4.78, 5) is 25.1. The Balaban J connectivity index is 1.75. The van der Waals surface area contributed by atoms with E-state index in [1.807, 2.05) is 0 Å². The predicted octanol–water partition coefficient (Wildman–Crippen LogP) is 3.13. The first kappa shape index (κ1) is 22.3. The summed E-state index contributed by atoms with van der Waals surface area (Å²) in [6.07, 6.45) is -0.348. The van der Waals surface area contributed by atoms with Crippen molar-refractivity contribution in [3.63, 3.8) is 0 Å². The first-order valence-electron chi connectivity index (χ1n) is 10.3. The fourth-order valence-corrected chi connectivity index (χ4v) is 3.88. The first-order valence-corrected chi connectivity index (χ1v) is 10.3. The Morgan fingerprint density at radius 2 is 2.00 bits per heavy atom. The third-order valence-corrected chi connectivity index (χ3v) is 5.57. The molecule has 4 aromatic rings. The number of H-pyrrole nitrogens is 1. The molecule has 178 valence electrons. The first-order chi connectivity index (χ1) is 16.8. The number of nitrogens with two attached hydrogens (primary N) is 1. The highest BCUT2D eigenvalue weighted by molar-refractivity contribution is 5.79. The molecule has 5 rings (SSSR count). The number of anilines is 2. The van der Waals surface area contributed by atoms with Crippen LogP contribution in [0.25, 0.3) is 16.7 Å². The van der Waals surface area contributed by atoms with Gasteiger partial charge in [0.25, 0.3) is 12.0 Å². The Bertz CT molecular complexity index is 1540. The average Bonchev–Trinajstić information content (AvgIpc) is 3.51. The number of halogens is 4. The zero-order valence-corrected chi connectivity index (χ0v) is 17.6. The maximum atomic E-state index is 14.6. The Morgan fingerprint density at radius 3 is 2.63 bits per heavy atom. The quantitative estimate of drug-likeness (QED) is 0.353. The van der Waals surface area contributed by atoms with Crippen LogP contribution in [0, 0.1) is 28.9 Å². The summed E-state index contributed by atoms with van der Waals surface area (Å²) in [6, 6.07) is 3.69. The maximum Gasteiger partial charge on any atom is 0.281 e. The smallest absolute Gasteiger partial charge is 0.281 e. The van der Waals surface area contributed by atoms with E-state index in [0.29, 0.717) is 18.9 Å². The molecule has 4 N–H and O–H groups in total. The summed E-state index contributed by atoms with van der Waals surface area (Å²) in [7, 11) is 0. The number of hydrogen-bond donors (Lipinski definition) is 3. The molecule has 0 saturated heterocycles. The van der Waals surface area contributed by atoms with E-state index in [0.717, 1.165) is 10.6 Å². The molecular formula is C21H15F4N9O. The molecule has 0 aliphatic heterocycles. The van der Waals surface area contributed by atoms with Gasteiger partial charge in [0, 0.05) is 18.3 Å². The van der Waals surface area contributed by atoms with Crippen molar-refractivity contribution in [2.75, 3.05) is 11.1 Å². The zero-order valence-electron chi connectivity index (χ0n) is 17.6. The second kappa shape index (κ2) is 8.35. The second-order valence-electron chi connectivity index (χ2n) is 7.89.